The number of methoxy groups -OCH3 is 1. The van der Waals surface area contributed by atoms with Crippen LogP contribution in [-0.2, 0) is 31.0 Å². The molecule has 1 amide bonds. The van der Waals surface area contributed by atoms with E-state index in [4.69, 9.17) is 9.47 Å². The van der Waals surface area contributed by atoms with Gasteiger partial charge in [0.15, 0.2) is 11.5 Å². The van der Waals surface area contributed by atoms with E-state index in [2.05, 4.69) is 33.5 Å². The monoisotopic (exact) mass is 372 g/mol. The molecule has 0 bridgehead atoms. The molecule has 1 aliphatic heterocycles. The van der Waals surface area contributed by atoms with Gasteiger partial charge in [-0.25, -0.2) is 0 Å². The van der Waals surface area contributed by atoms with Gasteiger partial charge >= 0.3 is 0 Å². The number of amides is 1. The minimum atomic E-state index is 0.0483. The van der Waals surface area contributed by atoms with E-state index in [-0.39, 0.29) is 5.91 Å². The highest BCUT2D eigenvalue weighted by molar-refractivity contribution is 5.75. The lowest BCUT2D eigenvalue weighted by atomic mass is 10.1. The van der Waals surface area contributed by atoms with Crippen molar-refractivity contribution in [2.75, 3.05) is 20.3 Å². The zero-order valence-corrected chi connectivity index (χ0v) is 16.3. The minimum absolute atomic E-state index is 0.0483. The predicted molar refractivity (Wildman–Crippen MR) is 103 cm³/mol. The molecule has 0 aliphatic carbocycles. The summed E-state index contributed by atoms with van der Waals surface area (Å²) in [6, 6.07) is 8.18. The van der Waals surface area contributed by atoms with Crippen LogP contribution in [0, 0.1) is 0 Å². The lowest BCUT2D eigenvalue weighted by Gasteiger charge is -2.27. The molecule has 1 aliphatic rings. The van der Waals surface area contributed by atoms with Crippen molar-refractivity contribution in [3.63, 3.8) is 0 Å². The van der Waals surface area contributed by atoms with Gasteiger partial charge in [0.25, 0.3) is 0 Å². The highest BCUT2D eigenvalue weighted by Gasteiger charge is 2.19. The van der Waals surface area contributed by atoms with E-state index < -0.39 is 0 Å². The van der Waals surface area contributed by atoms with Crippen LogP contribution in [0.5, 0.6) is 11.5 Å². The highest BCUT2D eigenvalue weighted by Crippen LogP contribution is 2.29. The van der Waals surface area contributed by atoms with E-state index in [1.807, 2.05) is 24.6 Å². The summed E-state index contributed by atoms with van der Waals surface area (Å²) < 4.78 is 13.1. The second kappa shape index (κ2) is 8.90. The maximum atomic E-state index is 11.4. The first-order chi connectivity index (χ1) is 13.1. The molecule has 0 saturated heterocycles. The molecule has 1 aromatic carbocycles. The molecule has 146 valence electrons. The first kappa shape index (κ1) is 19.2. The van der Waals surface area contributed by atoms with E-state index >= 15 is 0 Å². The smallest absolute Gasteiger partial charge is 0.220 e. The van der Waals surface area contributed by atoms with Crippen molar-refractivity contribution in [2.45, 2.75) is 46.4 Å². The molecule has 27 heavy (non-hydrogen) atoms. The SMILES string of the molecule is CCOc1cc(CN2CCn3nc(CNC(=O)CC)cc3C2)ccc1OC. The van der Waals surface area contributed by atoms with E-state index in [9.17, 15) is 4.79 Å². The summed E-state index contributed by atoms with van der Waals surface area (Å²) in [4.78, 5) is 13.8. The molecule has 0 radical (unpaired) electrons. The fraction of sp³-hybridized carbons (Fsp3) is 0.500. The van der Waals surface area contributed by atoms with Gasteiger partial charge in [0, 0.05) is 26.1 Å². The van der Waals surface area contributed by atoms with Crippen LogP contribution < -0.4 is 14.8 Å². The molecular formula is C20H28N4O3. The van der Waals surface area contributed by atoms with Crippen LogP contribution in [0.15, 0.2) is 24.3 Å². The summed E-state index contributed by atoms with van der Waals surface area (Å²) in [7, 11) is 1.66. The second-order valence-electron chi connectivity index (χ2n) is 6.61. The molecule has 0 unspecified atom stereocenters. The molecule has 0 fully saturated rings. The summed E-state index contributed by atoms with van der Waals surface area (Å²) in [6.45, 7) is 8.39. The average molecular weight is 372 g/mol. The van der Waals surface area contributed by atoms with Crippen molar-refractivity contribution in [2.24, 2.45) is 0 Å². The maximum absolute atomic E-state index is 11.4. The number of carbonyl (C=O) groups excluding carboxylic acids is 1. The lowest BCUT2D eigenvalue weighted by Crippen LogP contribution is -2.33. The fourth-order valence-electron chi connectivity index (χ4n) is 3.26. The van der Waals surface area contributed by atoms with Crippen molar-refractivity contribution in [1.82, 2.24) is 20.0 Å². The molecule has 3 rings (SSSR count). The van der Waals surface area contributed by atoms with Crippen molar-refractivity contribution in [1.29, 1.82) is 0 Å². The Morgan fingerprint density at radius 1 is 1.22 bits per heavy atom. The Morgan fingerprint density at radius 3 is 2.81 bits per heavy atom. The summed E-state index contributed by atoms with van der Waals surface area (Å²) in [5.41, 5.74) is 3.29. The predicted octanol–water partition coefficient (Wildman–Crippen LogP) is 2.33. The van der Waals surface area contributed by atoms with Gasteiger partial charge in [0.1, 0.15) is 0 Å². The third-order valence-electron chi connectivity index (χ3n) is 4.65. The molecule has 2 heterocycles. The molecule has 1 N–H and O–H groups in total. The standard InChI is InChI=1S/C20H28N4O3/c1-4-20(25)21-12-16-11-17-14-23(8-9-24(17)22-16)13-15-6-7-18(26-3)19(10-15)27-5-2/h6-7,10-11H,4-5,8-9,12-14H2,1-3H3,(H,21,25). The summed E-state index contributed by atoms with van der Waals surface area (Å²) in [6.07, 6.45) is 0.493. The molecule has 2 aromatic rings. The zero-order valence-electron chi connectivity index (χ0n) is 16.3. The third-order valence-corrected chi connectivity index (χ3v) is 4.65. The van der Waals surface area contributed by atoms with Gasteiger partial charge in [-0.15, -0.1) is 0 Å². The zero-order chi connectivity index (χ0) is 19.2. The van der Waals surface area contributed by atoms with E-state index in [1.54, 1.807) is 7.11 Å². The number of nitrogens with one attached hydrogen (secondary N) is 1. The van der Waals surface area contributed by atoms with E-state index in [1.165, 1.54) is 11.3 Å². The van der Waals surface area contributed by atoms with Crippen LogP contribution in [0.1, 0.15) is 37.2 Å². The Kier molecular flexibility index (Phi) is 6.34. The van der Waals surface area contributed by atoms with Gasteiger partial charge in [-0.3, -0.25) is 14.4 Å². The number of hydrogen-bond donors (Lipinski definition) is 1. The minimum Gasteiger partial charge on any atom is -0.493 e. The van der Waals surface area contributed by atoms with Gasteiger partial charge < -0.3 is 14.8 Å². The van der Waals surface area contributed by atoms with Crippen LogP contribution in [0.4, 0.5) is 0 Å². The number of aromatic nitrogens is 2. The van der Waals surface area contributed by atoms with Gasteiger partial charge in [0.05, 0.1) is 38.2 Å². The van der Waals surface area contributed by atoms with Gasteiger partial charge in [-0.2, -0.15) is 5.10 Å². The first-order valence-electron chi connectivity index (χ1n) is 9.47. The van der Waals surface area contributed by atoms with Crippen molar-refractivity contribution in [3.05, 3.63) is 41.2 Å². The second-order valence-corrected chi connectivity index (χ2v) is 6.61. The van der Waals surface area contributed by atoms with E-state index in [0.29, 0.717) is 19.6 Å². The van der Waals surface area contributed by atoms with Gasteiger partial charge in [0.2, 0.25) is 5.91 Å². The van der Waals surface area contributed by atoms with Crippen LogP contribution in [0.2, 0.25) is 0 Å². The first-order valence-corrected chi connectivity index (χ1v) is 9.47. The summed E-state index contributed by atoms with van der Waals surface area (Å²) in [5.74, 6) is 1.59. The Morgan fingerprint density at radius 2 is 2.07 bits per heavy atom. The lowest BCUT2D eigenvalue weighted by molar-refractivity contribution is -0.120. The Bertz CT molecular complexity index is 788. The van der Waals surface area contributed by atoms with Crippen LogP contribution in [0.25, 0.3) is 0 Å². The number of ether oxygens (including phenoxy) is 2. The average Bonchev–Trinajstić information content (AvgIpc) is 3.09. The number of nitrogens with zero attached hydrogens (tertiary/aromatic N) is 3. The largest absolute Gasteiger partial charge is 0.493 e. The number of carbonyl (C=O) groups is 1. The number of fused-ring (bicyclic) bond motifs is 1. The van der Waals surface area contributed by atoms with Crippen LogP contribution >= 0.6 is 0 Å². The molecule has 7 nitrogen and oxygen atoms in total. The van der Waals surface area contributed by atoms with Crippen molar-refractivity contribution in [3.8, 4) is 11.5 Å². The Labute approximate surface area is 160 Å². The Hall–Kier alpha value is -2.54. The molecule has 0 spiro atoms. The maximum Gasteiger partial charge on any atom is 0.220 e. The number of hydrogen-bond acceptors (Lipinski definition) is 5. The summed E-state index contributed by atoms with van der Waals surface area (Å²) >= 11 is 0. The topological polar surface area (TPSA) is 68.6 Å². The fourth-order valence-corrected chi connectivity index (χ4v) is 3.26. The van der Waals surface area contributed by atoms with Crippen LogP contribution in [0.3, 0.4) is 0 Å². The van der Waals surface area contributed by atoms with Gasteiger partial charge in [-0.05, 0) is 30.7 Å². The molecule has 0 saturated carbocycles. The van der Waals surface area contributed by atoms with Crippen LogP contribution in [-0.4, -0.2) is 40.8 Å². The Balaban J connectivity index is 1.63. The van der Waals surface area contributed by atoms with E-state index in [0.717, 1.165) is 43.4 Å². The summed E-state index contributed by atoms with van der Waals surface area (Å²) in [5, 5.41) is 7.48. The number of rotatable bonds is 8. The van der Waals surface area contributed by atoms with Crippen molar-refractivity contribution < 1.29 is 14.3 Å². The molecule has 1 aromatic heterocycles. The number of benzene rings is 1. The highest BCUT2D eigenvalue weighted by atomic mass is 16.5. The van der Waals surface area contributed by atoms with Gasteiger partial charge in [-0.1, -0.05) is 13.0 Å². The normalized spacial score (nSPS) is 13.9. The molecule has 0 atom stereocenters. The third kappa shape index (κ3) is 4.80. The molecular weight excluding hydrogens is 344 g/mol. The quantitative estimate of drug-likeness (QED) is 0.770. The molecule has 7 heteroatoms. The van der Waals surface area contributed by atoms with Crippen molar-refractivity contribution >= 4 is 5.91 Å².